The first-order valence-corrected chi connectivity index (χ1v) is 5.10. The van der Waals surface area contributed by atoms with E-state index in [1.165, 1.54) is 5.56 Å². The van der Waals surface area contributed by atoms with Crippen molar-refractivity contribution in [1.82, 2.24) is 9.78 Å². The highest BCUT2D eigenvalue weighted by Crippen LogP contribution is 2.01. The number of ether oxygens (including phenoxy) is 1. The molecule has 1 aromatic heterocycles. The molecule has 0 aliphatic heterocycles. The Morgan fingerprint density at radius 2 is 2.36 bits per heavy atom. The third-order valence-corrected chi connectivity index (χ3v) is 2.04. The van der Waals surface area contributed by atoms with Crippen LogP contribution in [0.1, 0.15) is 19.4 Å². The van der Waals surface area contributed by atoms with Crippen LogP contribution in [-0.4, -0.2) is 29.0 Å². The van der Waals surface area contributed by atoms with Crippen molar-refractivity contribution in [3.63, 3.8) is 0 Å². The van der Waals surface area contributed by atoms with Crippen LogP contribution in [0.4, 0.5) is 0 Å². The molecule has 14 heavy (non-hydrogen) atoms. The quantitative estimate of drug-likeness (QED) is 0.734. The van der Waals surface area contributed by atoms with Crippen LogP contribution in [0.3, 0.4) is 0 Å². The summed E-state index contributed by atoms with van der Waals surface area (Å²) in [5.74, 6) is 0. The van der Waals surface area contributed by atoms with Crippen LogP contribution in [0, 0.1) is 0 Å². The minimum Gasteiger partial charge on any atom is -0.380 e. The van der Waals surface area contributed by atoms with Gasteiger partial charge in [0, 0.05) is 25.4 Å². The van der Waals surface area contributed by atoms with Crippen molar-refractivity contribution in [2.45, 2.75) is 32.9 Å². The lowest BCUT2D eigenvalue weighted by atomic mass is 10.1. The molecule has 2 N–H and O–H groups in total. The van der Waals surface area contributed by atoms with Gasteiger partial charge in [-0.3, -0.25) is 4.68 Å². The standard InChI is InChI=1S/C10H19N3O/c1-3-13-7-9(6-12-13)5-10(11)8-14-4-2/h6-7,10H,3-5,8,11H2,1-2H3. The van der Waals surface area contributed by atoms with E-state index in [-0.39, 0.29) is 6.04 Å². The molecule has 0 amide bonds. The Hall–Kier alpha value is -0.870. The molecule has 0 radical (unpaired) electrons. The maximum Gasteiger partial charge on any atom is 0.0620 e. The van der Waals surface area contributed by atoms with E-state index in [1.807, 2.05) is 24.0 Å². The monoisotopic (exact) mass is 197 g/mol. The lowest BCUT2D eigenvalue weighted by Gasteiger charge is -2.09. The number of nitrogens with two attached hydrogens (primary N) is 1. The molecule has 1 heterocycles. The highest BCUT2D eigenvalue weighted by Gasteiger charge is 2.05. The van der Waals surface area contributed by atoms with Gasteiger partial charge in [-0.1, -0.05) is 0 Å². The number of hydrogen-bond acceptors (Lipinski definition) is 3. The predicted octanol–water partition coefficient (Wildman–Crippen LogP) is 0.809. The molecule has 4 heteroatoms. The van der Waals surface area contributed by atoms with Gasteiger partial charge in [-0.2, -0.15) is 5.10 Å². The van der Waals surface area contributed by atoms with E-state index in [0.29, 0.717) is 6.61 Å². The molecule has 0 aliphatic rings. The minimum atomic E-state index is 0.0736. The van der Waals surface area contributed by atoms with Crippen LogP contribution in [0.15, 0.2) is 12.4 Å². The van der Waals surface area contributed by atoms with E-state index in [1.54, 1.807) is 0 Å². The second-order valence-corrected chi connectivity index (χ2v) is 3.33. The molecular weight excluding hydrogens is 178 g/mol. The Kier molecular flexibility index (Phi) is 4.62. The maximum absolute atomic E-state index is 5.88. The van der Waals surface area contributed by atoms with E-state index in [4.69, 9.17) is 10.5 Å². The second-order valence-electron chi connectivity index (χ2n) is 3.33. The van der Waals surface area contributed by atoms with Crippen molar-refractivity contribution < 1.29 is 4.74 Å². The van der Waals surface area contributed by atoms with Gasteiger partial charge in [0.15, 0.2) is 0 Å². The van der Waals surface area contributed by atoms with Gasteiger partial charge in [0.05, 0.1) is 12.8 Å². The molecule has 0 aliphatic carbocycles. The average molecular weight is 197 g/mol. The average Bonchev–Trinajstić information content (AvgIpc) is 2.62. The summed E-state index contributed by atoms with van der Waals surface area (Å²) >= 11 is 0. The zero-order valence-electron chi connectivity index (χ0n) is 8.94. The Morgan fingerprint density at radius 1 is 1.57 bits per heavy atom. The van der Waals surface area contributed by atoms with Crippen LogP contribution in [0.5, 0.6) is 0 Å². The zero-order chi connectivity index (χ0) is 10.4. The van der Waals surface area contributed by atoms with E-state index in [9.17, 15) is 0 Å². The number of aryl methyl sites for hydroxylation is 1. The van der Waals surface area contributed by atoms with Crippen molar-refractivity contribution in [2.75, 3.05) is 13.2 Å². The van der Waals surface area contributed by atoms with E-state index in [2.05, 4.69) is 12.0 Å². The molecule has 1 unspecified atom stereocenters. The number of nitrogens with zero attached hydrogens (tertiary/aromatic N) is 2. The minimum absolute atomic E-state index is 0.0736. The van der Waals surface area contributed by atoms with Crippen LogP contribution >= 0.6 is 0 Å². The molecule has 0 bridgehead atoms. The van der Waals surface area contributed by atoms with Crippen LogP contribution in [-0.2, 0) is 17.7 Å². The van der Waals surface area contributed by atoms with Crippen LogP contribution in [0.25, 0.3) is 0 Å². The van der Waals surface area contributed by atoms with Crippen molar-refractivity contribution in [3.05, 3.63) is 18.0 Å². The molecule has 4 nitrogen and oxygen atoms in total. The van der Waals surface area contributed by atoms with Gasteiger partial charge in [-0.15, -0.1) is 0 Å². The highest BCUT2D eigenvalue weighted by atomic mass is 16.5. The summed E-state index contributed by atoms with van der Waals surface area (Å²) in [5.41, 5.74) is 7.06. The molecule has 0 saturated carbocycles. The van der Waals surface area contributed by atoms with Crippen molar-refractivity contribution in [1.29, 1.82) is 0 Å². The van der Waals surface area contributed by atoms with Gasteiger partial charge in [-0.05, 0) is 25.8 Å². The van der Waals surface area contributed by atoms with Gasteiger partial charge < -0.3 is 10.5 Å². The zero-order valence-corrected chi connectivity index (χ0v) is 8.94. The normalized spacial score (nSPS) is 13.1. The fourth-order valence-electron chi connectivity index (χ4n) is 1.32. The first kappa shape index (κ1) is 11.2. The first-order chi connectivity index (χ1) is 6.76. The summed E-state index contributed by atoms with van der Waals surface area (Å²) in [4.78, 5) is 0. The Morgan fingerprint density at radius 3 is 2.93 bits per heavy atom. The summed E-state index contributed by atoms with van der Waals surface area (Å²) in [6, 6.07) is 0.0736. The SMILES string of the molecule is CCOCC(N)Cc1cnn(CC)c1. The number of hydrogen-bond donors (Lipinski definition) is 1. The third kappa shape index (κ3) is 3.47. The smallest absolute Gasteiger partial charge is 0.0620 e. The van der Waals surface area contributed by atoms with Crippen molar-refractivity contribution >= 4 is 0 Å². The van der Waals surface area contributed by atoms with Gasteiger partial charge in [0.2, 0.25) is 0 Å². The predicted molar refractivity (Wildman–Crippen MR) is 56.1 cm³/mol. The molecule has 1 aromatic rings. The molecule has 0 spiro atoms. The first-order valence-electron chi connectivity index (χ1n) is 5.10. The second kappa shape index (κ2) is 5.78. The fraction of sp³-hybridized carbons (Fsp3) is 0.700. The van der Waals surface area contributed by atoms with E-state index >= 15 is 0 Å². The van der Waals surface area contributed by atoms with Gasteiger partial charge in [-0.25, -0.2) is 0 Å². The van der Waals surface area contributed by atoms with E-state index in [0.717, 1.165) is 19.6 Å². The Balaban J connectivity index is 2.35. The molecule has 80 valence electrons. The van der Waals surface area contributed by atoms with Gasteiger partial charge >= 0.3 is 0 Å². The summed E-state index contributed by atoms with van der Waals surface area (Å²) in [7, 11) is 0. The number of aromatic nitrogens is 2. The van der Waals surface area contributed by atoms with Gasteiger partial charge in [0.1, 0.15) is 0 Å². The number of rotatable bonds is 6. The molecule has 1 atom stereocenters. The van der Waals surface area contributed by atoms with Crippen molar-refractivity contribution in [3.8, 4) is 0 Å². The Labute approximate surface area is 85.0 Å². The summed E-state index contributed by atoms with van der Waals surface area (Å²) in [5, 5.41) is 4.19. The highest BCUT2D eigenvalue weighted by molar-refractivity contribution is 5.05. The summed E-state index contributed by atoms with van der Waals surface area (Å²) in [6.45, 7) is 6.29. The fourth-order valence-corrected chi connectivity index (χ4v) is 1.32. The lowest BCUT2D eigenvalue weighted by Crippen LogP contribution is -2.28. The Bertz CT molecular complexity index is 260. The molecule has 0 fully saturated rings. The van der Waals surface area contributed by atoms with Crippen molar-refractivity contribution in [2.24, 2.45) is 5.73 Å². The molecule has 0 aromatic carbocycles. The molecular formula is C10H19N3O. The maximum atomic E-state index is 5.88. The lowest BCUT2D eigenvalue weighted by molar-refractivity contribution is 0.133. The summed E-state index contributed by atoms with van der Waals surface area (Å²) < 4.78 is 7.15. The van der Waals surface area contributed by atoms with E-state index < -0.39 is 0 Å². The molecule has 1 rings (SSSR count). The molecule has 0 saturated heterocycles. The summed E-state index contributed by atoms with van der Waals surface area (Å²) in [6.07, 6.45) is 4.74. The largest absolute Gasteiger partial charge is 0.380 e. The van der Waals surface area contributed by atoms with Crippen LogP contribution < -0.4 is 5.73 Å². The van der Waals surface area contributed by atoms with Gasteiger partial charge in [0.25, 0.3) is 0 Å². The third-order valence-electron chi connectivity index (χ3n) is 2.04. The van der Waals surface area contributed by atoms with Crippen LogP contribution in [0.2, 0.25) is 0 Å². The topological polar surface area (TPSA) is 53.1 Å².